The minimum absolute atomic E-state index is 0.180. The number of fused-ring (bicyclic) bond motifs is 2. The average Bonchev–Trinajstić information content (AvgIpc) is 3.49. The van der Waals surface area contributed by atoms with Gasteiger partial charge in [0.15, 0.2) is 17.3 Å². The van der Waals surface area contributed by atoms with E-state index < -0.39 is 0 Å². The van der Waals surface area contributed by atoms with E-state index in [4.69, 9.17) is 19.2 Å². The maximum absolute atomic E-state index is 5.66. The minimum Gasteiger partial charge on any atom is -0.493 e. The first kappa shape index (κ1) is 21.9. The highest BCUT2D eigenvalue weighted by atomic mass is 16.7. The molecule has 3 heterocycles. The Balaban J connectivity index is 1.56. The lowest BCUT2D eigenvalue weighted by Gasteiger charge is -2.26. The summed E-state index contributed by atoms with van der Waals surface area (Å²) in [7, 11) is 3.49. The lowest BCUT2D eigenvalue weighted by atomic mass is 10.2. The summed E-state index contributed by atoms with van der Waals surface area (Å²) in [6, 6.07) is 10.3. The summed E-state index contributed by atoms with van der Waals surface area (Å²) < 4.78 is 18.5. The molecular weight excluding hydrogens is 434 g/mol. The van der Waals surface area contributed by atoms with Crippen molar-refractivity contribution >= 4 is 22.4 Å². The SMILES string of the molecule is COc1cc(N(CCNC(C)C)c2ccc3nnc(-c4cnn(C)c4)nc3c2)cc2c1OCO2. The molecule has 176 valence electrons. The molecule has 0 spiro atoms. The summed E-state index contributed by atoms with van der Waals surface area (Å²) in [4.78, 5) is 6.96. The van der Waals surface area contributed by atoms with Crippen LogP contribution in [0.15, 0.2) is 42.7 Å². The Morgan fingerprint density at radius 1 is 1.12 bits per heavy atom. The Morgan fingerprint density at radius 3 is 2.76 bits per heavy atom. The molecule has 0 fully saturated rings. The number of benzene rings is 2. The van der Waals surface area contributed by atoms with Crippen molar-refractivity contribution in [3.63, 3.8) is 0 Å². The van der Waals surface area contributed by atoms with E-state index in [0.29, 0.717) is 29.1 Å². The van der Waals surface area contributed by atoms with E-state index in [1.54, 1.807) is 18.0 Å². The minimum atomic E-state index is 0.180. The van der Waals surface area contributed by atoms with Crippen molar-refractivity contribution in [1.82, 2.24) is 30.3 Å². The molecule has 0 unspecified atom stereocenters. The molecule has 0 amide bonds. The second-order valence-corrected chi connectivity index (χ2v) is 8.35. The molecular formula is C24H27N7O3. The first-order chi connectivity index (χ1) is 16.5. The van der Waals surface area contributed by atoms with Crippen LogP contribution >= 0.6 is 0 Å². The number of hydrogen-bond acceptors (Lipinski definition) is 9. The monoisotopic (exact) mass is 461 g/mol. The molecule has 1 N–H and O–H groups in total. The van der Waals surface area contributed by atoms with Gasteiger partial charge in [-0.1, -0.05) is 13.8 Å². The predicted molar refractivity (Wildman–Crippen MR) is 129 cm³/mol. The Labute approximate surface area is 197 Å². The van der Waals surface area contributed by atoms with E-state index >= 15 is 0 Å². The van der Waals surface area contributed by atoms with Gasteiger partial charge < -0.3 is 24.4 Å². The van der Waals surface area contributed by atoms with Crippen LogP contribution in [0.4, 0.5) is 11.4 Å². The number of hydrogen-bond donors (Lipinski definition) is 1. The normalized spacial score (nSPS) is 12.5. The van der Waals surface area contributed by atoms with Crippen LogP contribution in [0.1, 0.15) is 13.8 Å². The molecule has 10 heteroatoms. The van der Waals surface area contributed by atoms with Crippen LogP contribution < -0.4 is 24.4 Å². The molecule has 0 saturated carbocycles. The van der Waals surface area contributed by atoms with Gasteiger partial charge >= 0.3 is 0 Å². The topological polar surface area (TPSA) is 99.5 Å². The zero-order valence-corrected chi connectivity index (χ0v) is 19.6. The summed E-state index contributed by atoms with van der Waals surface area (Å²) in [5.41, 5.74) is 4.19. The number of methoxy groups -OCH3 is 1. The lowest BCUT2D eigenvalue weighted by molar-refractivity contribution is 0.171. The van der Waals surface area contributed by atoms with E-state index in [-0.39, 0.29) is 6.79 Å². The van der Waals surface area contributed by atoms with Gasteiger partial charge in [-0.15, -0.1) is 10.2 Å². The van der Waals surface area contributed by atoms with Crippen LogP contribution in [0.5, 0.6) is 17.2 Å². The molecule has 0 saturated heterocycles. The van der Waals surface area contributed by atoms with Gasteiger partial charge in [0, 0.05) is 55.9 Å². The molecule has 5 rings (SSSR count). The fourth-order valence-corrected chi connectivity index (χ4v) is 3.89. The third-order valence-corrected chi connectivity index (χ3v) is 5.56. The molecule has 0 aliphatic carbocycles. The summed E-state index contributed by atoms with van der Waals surface area (Å²) in [5, 5.41) is 16.3. The van der Waals surface area contributed by atoms with E-state index in [2.05, 4.69) is 39.4 Å². The summed E-state index contributed by atoms with van der Waals surface area (Å²) >= 11 is 0. The summed E-state index contributed by atoms with van der Waals surface area (Å²) in [6.07, 6.45) is 3.60. The zero-order valence-electron chi connectivity index (χ0n) is 19.6. The van der Waals surface area contributed by atoms with Gasteiger partial charge in [0.2, 0.25) is 12.5 Å². The van der Waals surface area contributed by atoms with Crippen molar-refractivity contribution in [3.05, 3.63) is 42.7 Å². The number of ether oxygens (including phenoxy) is 3. The highest BCUT2D eigenvalue weighted by Crippen LogP contribution is 2.45. The quantitative estimate of drug-likeness (QED) is 0.424. The van der Waals surface area contributed by atoms with Gasteiger partial charge in [-0.05, 0) is 18.2 Å². The van der Waals surface area contributed by atoms with Gasteiger partial charge in [-0.2, -0.15) is 5.10 Å². The molecule has 0 radical (unpaired) electrons. The molecule has 0 bridgehead atoms. The largest absolute Gasteiger partial charge is 0.493 e. The van der Waals surface area contributed by atoms with Gasteiger partial charge in [-0.3, -0.25) is 4.68 Å². The molecule has 1 aliphatic rings. The van der Waals surface area contributed by atoms with E-state index in [1.165, 1.54) is 0 Å². The number of nitrogens with zero attached hydrogens (tertiary/aromatic N) is 6. The van der Waals surface area contributed by atoms with Crippen molar-refractivity contribution in [2.45, 2.75) is 19.9 Å². The van der Waals surface area contributed by atoms with E-state index in [9.17, 15) is 0 Å². The zero-order chi connectivity index (χ0) is 23.7. The Morgan fingerprint density at radius 2 is 2.00 bits per heavy atom. The average molecular weight is 462 g/mol. The van der Waals surface area contributed by atoms with Crippen LogP contribution in [0, 0.1) is 0 Å². The van der Waals surface area contributed by atoms with E-state index in [0.717, 1.165) is 41.1 Å². The molecule has 0 atom stereocenters. The van der Waals surface area contributed by atoms with Crippen molar-refractivity contribution in [2.75, 3.05) is 31.9 Å². The smallest absolute Gasteiger partial charge is 0.231 e. The molecule has 2 aromatic carbocycles. The van der Waals surface area contributed by atoms with Crippen molar-refractivity contribution in [2.24, 2.45) is 7.05 Å². The predicted octanol–water partition coefficient (Wildman–Crippen LogP) is 3.30. The van der Waals surface area contributed by atoms with Gasteiger partial charge in [-0.25, -0.2) is 4.98 Å². The van der Waals surface area contributed by atoms with Crippen LogP contribution in [0.25, 0.3) is 22.4 Å². The van der Waals surface area contributed by atoms with Gasteiger partial charge in [0.1, 0.15) is 5.52 Å². The number of aromatic nitrogens is 5. The van der Waals surface area contributed by atoms with Crippen LogP contribution in [0.2, 0.25) is 0 Å². The second-order valence-electron chi connectivity index (χ2n) is 8.35. The molecule has 10 nitrogen and oxygen atoms in total. The van der Waals surface area contributed by atoms with E-state index in [1.807, 2.05) is 43.6 Å². The van der Waals surface area contributed by atoms with Crippen molar-refractivity contribution < 1.29 is 14.2 Å². The van der Waals surface area contributed by atoms with Crippen molar-refractivity contribution in [3.8, 4) is 28.6 Å². The lowest BCUT2D eigenvalue weighted by Crippen LogP contribution is -2.32. The summed E-state index contributed by atoms with van der Waals surface area (Å²) in [5.74, 6) is 2.47. The van der Waals surface area contributed by atoms with Crippen LogP contribution in [-0.4, -0.2) is 58.0 Å². The highest BCUT2D eigenvalue weighted by Gasteiger charge is 2.23. The first-order valence-corrected chi connectivity index (χ1v) is 11.1. The van der Waals surface area contributed by atoms with Crippen LogP contribution in [-0.2, 0) is 7.05 Å². The molecule has 34 heavy (non-hydrogen) atoms. The Hall–Kier alpha value is -3.92. The molecule has 2 aromatic heterocycles. The van der Waals surface area contributed by atoms with Crippen LogP contribution in [0.3, 0.4) is 0 Å². The second kappa shape index (κ2) is 9.14. The van der Waals surface area contributed by atoms with Gasteiger partial charge in [0.05, 0.1) is 24.4 Å². The fraction of sp³-hybridized carbons (Fsp3) is 0.333. The maximum atomic E-state index is 5.66. The number of anilines is 2. The number of nitrogens with one attached hydrogen (secondary N) is 1. The third kappa shape index (κ3) is 4.32. The third-order valence-electron chi connectivity index (χ3n) is 5.56. The fourth-order valence-electron chi connectivity index (χ4n) is 3.89. The Kier molecular flexibility index (Phi) is 5.89. The maximum Gasteiger partial charge on any atom is 0.231 e. The first-order valence-electron chi connectivity index (χ1n) is 11.1. The standard InChI is InChI=1S/C24H27N7O3/c1-15(2)25-7-8-31(18-10-21(32-4)23-22(11-18)33-14-34-23)17-5-6-19-20(9-17)27-24(29-28-19)16-12-26-30(3)13-16/h5-6,9-13,15,25H,7-8,14H2,1-4H3. The summed E-state index contributed by atoms with van der Waals surface area (Å²) in [6.45, 7) is 5.95. The highest BCUT2D eigenvalue weighted by molar-refractivity contribution is 5.82. The number of rotatable bonds is 8. The van der Waals surface area contributed by atoms with Crippen molar-refractivity contribution in [1.29, 1.82) is 0 Å². The number of aryl methyl sites for hydroxylation is 1. The molecule has 4 aromatic rings. The van der Waals surface area contributed by atoms with Gasteiger partial charge in [0.25, 0.3) is 0 Å². The molecule has 1 aliphatic heterocycles. The Bertz CT molecular complexity index is 1320.